The Morgan fingerprint density at radius 2 is 1.82 bits per heavy atom. The molecule has 1 aliphatic heterocycles. The molecule has 0 bridgehead atoms. The second-order valence-corrected chi connectivity index (χ2v) is 8.21. The van der Waals surface area contributed by atoms with Crippen molar-refractivity contribution in [2.45, 2.75) is 45.1 Å². The predicted molar refractivity (Wildman–Crippen MR) is 106 cm³/mol. The molecule has 0 atom stereocenters. The fourth-order valence-electron chi connectivity index (χ4n) is 3.27. The summed E-state index contributed by atoms with van der Waals surface area (Å²) in [7, 11) is 0. The number of rotatable bonds is 5. The molecule has 6 heteroatoms. The molecule has 1 fully saturated rings. The first-order valence-electron chi connectivity index (χ1n) is 9.67. The van der Waals surface area contributed by atoms with Gasteiger partial charge in [0.05, 0.1) is 11.8 Å². The normalized spacial score (nSPS) is 15.3. The van der Waals surface area contributed by atoms with Crippen LogP contribution in [0.25, 0.3) is 0 Å². The SMILES string of the molecule is CC(C)(C)c1ccc(OCC(=O)NC2CCN(C(=O)c3ccoc3)CC2)cc1. The maximum atomic E-state index is 12.3. The lowest BCUT2D eigenvalue weighted by Gasteiger charge is -2.32. The number of ether oxygens (including phenoxy) is 1. The zero-order chi connectivity index (χ0) is 20.1. The molecule has 6 nitrogen and oxygen atoms in total. The van der Waals surface area contributed by atoms with Crippen LogP contribution >= 0.6 is 0 Å². The molecule has 0 spiro atoms. The third-order valence-electron chi connectivity index (χ3n) is 5.01. The first-order valence-corrected chi connectivity index (χ1v) is 9.67. The van der Waals surface area contributed by atoms with E-state index in [0.717, 1.165) is 12.8 Å². The van der Waals surface area contributed by atoms with Gasteiger partial charge in [0.1, 0.15) is 12.0 Å². The van der Waals surface area contributed by atoms with Crippen LogP contribution in [0, 0.1) is 0 Å². The van der Waals surface area contributed by atoms with E-state index in [4.69, 9.17) is 9.15 Å². The highest BCUT2D eigenvalue weighted by atomic mass is 16.5. The van der Waals surface area contributed by atoms with Crippen LogP contribution in [0.15, 0.2) is 47.3 Å². The zero-order valence-corrected chi connectivity index (χ0v) is 16.7. The van der Waals surface area contributed by atoms with Crippen molar-refractivity contribution in [3.63, 3.8) is 0 Å². The maximum Gasteiger partial charge on any atom is 0.258 e. The number of likely N-dealkylation sites (tertiary alicyclic amines) is 1. The van der Waals surface area contributed by atoms with Gasteiger partial charge in [-0.25, -0.2) is 0 Å². The molecule has 0 saturated carbocycles. The molecule has 1 saturated heterocycles. The number of benzene rings is 1. The molecule has 1 aromatic carbocycles. The third-order valence-corrected chi connectivity index (χ3v) is 5.01. The van der Waals surface area contributed by atoms with Gasteiger partial charge in [-0.1, -0.05) is 32.9 Å². The molecule has 2 heterocycles. The lowest BCUT2D eigenvalue weighted by Crippen LogP contribution is -2.47. The largest absolute Gasteiger partial charge is 0.484 e. The second kappa shape index (κ2) is 8.50. The van der Waals surface area contributed by atoms with E-state index in [9.17, 15) is 9.59 Å². The fraction of sp³-hybridized carbons (Fsp3) is 0.455. The Morgan fingerprint density at radius 1 is 1.14 bits per heavy atom. The van der Waals surface area contributed by atoms with Gasteiger partial charge >= 0.3 is 0 Å². The van der Waals surface area contributed by atoms with Crippen molar-refractivity contribution < 1.29 is 18.7 Å². The Morgan fingerprint density at radius 3 is 2.39 bits per heavy atom. The molecule has 150 valence electrons. The van der Waals surface area contributed by atoms with Crippen LogP contribution in [0.3, 0.4) is 0 Å². The van der Waals surface area contributed by atoms with Gasteiger partial charge in [0, 0.05) is 19.1 Å². The Kier molecular flexibility index (Phi) is 6.07. The summed E-state index contributed by atoms with van der Waals surface area (Å²) in [6.45, 7) is 7.69. The summed E-state index contributed by atoms with van der Waals surface area (Å²) in [6, 6.07) is 9.58. The van der Waals surface area contributed by atoms with Crippen LogP contribution < -0.4 is 10.1 Å². The fourth-order valence-corrected chi connectivity index (χ4v) is 3.27. The molecular weight excluding hydrogens is 356 g/mol. The summed E-state index contributed by atoms with van der Waals surface area (Å²) in [5, 5.41) is 3.00. The van der Waals surface area contributed by atoms with Crippen LogP contribution in [-0.4, -0.2) is 42.5 Å². The third kappa shape index (κ3) is 5.15. The monoisotopic (exact) mass is 384 g/mol. The van der Waals surface area contributed by atoms with E-state index in [-0.39, 0.29) is 29.9 Å². The van der Waals surface area contributed by atoms with Crippen molar-refractivity contribution in [2.24, 2.45) is 0 Å². The highest BCUT2D eigenvalue weighted by Gasteiger charge is 2.25. The van der Waals surface area contributed by atoms with E-state index in [1.165, 1.54) is 18.1 Å². The average Bonchev–Trinajstić information content (AvgIpc) is 3.21. The summed E-state index contributed by atoms with van der Waals surface area (Å²) in [5.74, 6) is 0.517. The van der Waals surface area contributed by atoms with Gasteiger partial charge in [-0.2, -0.15) is 0 Å². The van der Waals surface area contributed by atoms with Gasteiger partial charge in [0.25, 0.3) is 11.8 Å². The Bertz CT molecular complexity index is 783. The van der Waals surface area contributed by atoms with Gasteiger partial charge in [0.2, 0.25) is 0 Å². The second-order valence-electron chi connectivity index (χ2n) is 8.21. The standard InChI is InChI=1S/C22H28N2O4/c1-22(2,3)17-4-6-19(7-5-17)28-15-20(25)23-18-8-11-24(12-9-18)21(26)16-10-13-27-14-16/h4-7,10,13-14,18H,8-9,11-12,15H2,1-3H3,(H,23,25). The van der Waals surface area contributed by atoms with E-state index in [1.807, 2.05) is 24.3 Å². The van der Waals surface area contributed by atoms with E-state index >= 15 is 0 Å². The van der Waals surface area contributed by atoms with Crippen LogP contribution in [0.2, 0.25) is 0 Å². The molecule has 0 unspecified atom stereocenters. The van der Waals surface area contributed by atoms with Gasteiger partial charge < -0.3 is 19.4 Å². The maximum absolute atomic E-state index is 12.3. The summed E-state index contributed by atoms with van der Waals surface area (Å²) in [4.78, 5) is 26.3. The average molecular weight is 384 g/mol. The van der Waals surface area contributed by atoms with Crippen molar-refractivity contribution in [1.29, 1.82) is 0 Å². The molecule has 1 aromatic heterocycles. The van der Waals surface area contributed by atoms with Crippen molar-refractivity contribution in [3.05, 3.63) is 54.0 Å². The molecule has 1 N–H and O–H groups in total. The van der Waals surface area contributed by atoms with Crippen LogP contribution in [0.5, 0.6) is 5.75 Å². The van der Waals surface area contributed by atoms with E-state index in [2.05, 4.69) is 26.1 Å². The zero-order valence-electron chi connectivity index (χ0n) is 16.7. The van der Waals surface area contributed by atoms with Crippen LogP contribution in [0.1, 0.15) is 49.5 Å². The summed E-state index contributed by atoms with van der Waals surface area (Å²) in [5.41, 5.74) is 1.87. The Labute approximate surface area is 165 Å². The van der Waals surface area contributed by atoms with Crippen LogP contribution in [-0.2, 0) is 10.2 Å². The molecule has 2 aromatic rings. The van der Waals surface area contributed by atoms with Crippen molar-refractivity contribution >= 4 is 11.8 Å². The lowest BCUT2D eigenvalue weighted by atomic mass is 9.87. The molecule has 28 heavy (non-hydrogen) atoms. The minimum atomic E-state index is -0.139. The molecule has 2 amide bonds. The summed E-state index contributed by atoms with van der Waals surface area (Å²) < 4.78 is 10.6. The lowest BCUT2D eigenvalue weighted by molar-refractivity contribution is -0.124. The molecule has 0 aliphatic carbocycles. The highest BCUT2D eigenvalue weighted by Crippen LogP contribution is 2.24. The first-order chi connectivity index (χ1) is 13.3. The van der Waals surface area contributed by atoms with E-state index < -0.39 is 0 Å². The first kappa shape index (κ1) is 20.0. The Balaban J connectivity index is 1.40. The number of carbonyl (C=O) groups is 2. The smallest absolute Gasteiger partial charge is 0.258 e. The van der Waals surface area contributed by atoms with Crippen molar-refractivity contribution in [1.82, 2.24) is 10.2 Å². The highest BCUT2D eigenvalue weighted by molar-refractivity contribution is 5.93. The Hall–Kier alpha value is -2.76. The molecule has 3 rings (SSSR count). The summed E-state index contributed by atoms with van der Waals surface area (Å²) in [6.07, 6.45) is 4.42. The van der Waals surface area contributed by atoms with E-state index in [0.29, 0.717) is 24.4 Å². The number of amides is 2. The molecular formula is C22H28N2O4. The number of piperidine rings is 1. The van der Waals surface area contributed by atoms with Gasteiger partial charge in [-0.3, -0.25) is 9.59 Å². The molecule has 1 aliphatic rings. The number of carbonyl (C=O) groups excluding carboxylic acids is 2. The number of nitrogens with one attached hydrogen (secondary N) is 1. The minimum Gasteiger partial charge on any atom is -0.484 e. The van der Waals surface area contributed by atoms with Crippen molar-refractivity contribution in [2.75, 3.05) is 19.7 Å². The predicted octanol–water partition coefficient (Wildman–Crippen LogP) is 3.38. The van der Waals surface area contributed by atoms with Crippen LogP contribution in [0.4, 0.5) is 0 Å². The quantitative estimate of drug-likeness (QED) is 0.858. The van der Waals surface area contributed by atoms with Gasteiger partial charge in [0.15, 0.2) is 6.61 Å². The number of hydrogen-bond acceptors (Lipinski definition) is 4. The molecule has 0 radical (unpaired) electrons. The van der Waals surface area contributed by atoms with Gasteiger partial charge in [-0.15, -0.1) is 0 Å². The van der Waals surface area contributed by atoms with Crippen molar-refractivity contribution in [3.8, 4) is 5.75 Å². The van der Waals surface area contributed by atoms with E-state index in [1.54, 1.807) is 11.0 Å². The topological polar surface area (TPSA) is 71.8 Å². The minimum absolute atomic E-state index is 0.0109. The number of nitrogens with zero attached hydrogens (tertiary/aromatic N) is 1. The van der Waals surface area contributed by atoms with Gasteiger partial charge in [-0.05, 0) is 42.0 Å². The summed E-state index contributed by atoms with van der Waals surface area (Å²) >= 11 is 0. The number of furan rings is 1. The number of hydrogen-bond donors (Lipinski definition) is 1.